The maximum atomic E-state index is 12.6. The lowest BCUT2D eigenvalue weighted by Crippen LogP contribution is -2.72. The van der Waals surface area contributed by atoms with Gasteiger partial charge >= 0.3 is 12.1 Å². The van der Waals surface area contributed by atoms with Crippen molar-refractivity contribution in [2.45, 2.75) is 90.3 Å². The minimum atomic E-state index is -1.22. The third-order valence-corrected chi connectivity index (χ3v) is 7.84. The van der Waals surface area contributed by atoms with Crippen LogP contribution in [0.1, 0.15) is 60.8 Å². The molecule has 4 rings (SSSR count). The molecule has 1 N–H and O–H groups in total. The third-order valence-electron chi connectivity index (χ3n) is 7.84. The van der Waals surface area contributed by atoms with E-state index in [2.05, 4.69) is 20.4 Å². The number of carbonyl (C=O) groups excluding carboxylic acids is 2. The van der Waals surface area contributed by atoms with Gasteiger partial charge in [0.2, 0.25) is 0 Å². The molecule has 0 saturated heterocycles. The Morgan fingerprint density at radius 3 is 2.53 bits per heavy atom. The van der Waals surface area contributed by atoms with E-state index in [1.807, 2.05) is 13.8 Å². The first-order chi connectivity index (χ1) is 13.8. The van der Waals surface area contributed by atoms with Crippen LogP contribution in [0.3, 0.4) is 0 Å². The van der Waals surface area contributed by atoms with Crippen molar-refractivity contribution >= 4 is 12.1 Å². The Labute approximate surface area is 177 Å². The Bertz CT molecular complexity index is 844. The molecule has 0 aromatic heterocycles. The van der Waals surface area contributed by atoms with Gasteiger partial charge in [0.05, 0.1) is 11.7 Å². The van der Waals surface area contributed by atoms with Gasteiger partial charge < -0.3 is 24.1 Å². The highest BCUT2D eigenvalue weighted by Crippen LogP contribution is 2.67. The fourth-order valence-corrected chi connectivity index (χ4v) is 6.88. The van der Waals surface area contributed by atoms with E-state index in [4.69, 9.17) is 18.9 Å². The average molecular weight is 421 g/mol. The highest BCUT2D eigenvalue weighted by atomic mass is 16.7. The van der Waals surface area contributed by atoms with Crippen LogP contribution in [0.4, 0.5) is 4.79 Å². The molecule has 7 heteroatoms. The monoisotopic (exact) mass is 420 g/mol. The standard InChI is InChI=1S/C23H32O7/c1-8-21(5)11-13-16-22(6)14(29-19(26)28-13)9-10-20(3,4)17(22)15(25)18(27-12(2)24)23(16,7)30-21/h8,14-15,17-18,25H,1,9-11H2,2-7H3/t14-,15-,17-,18-,21-,22+,23-/m0/s1. The number of aliphatic hydroxyl groups is 1. The minimum absolute atomic E-state index is 0.293. The van der Waals surface area contributed by atoms with E-state index in [1.54, 1.807) is 13.0 Å². The van der Waals surface area contributed by atoms with Crippen LogP contribution in [0, 0.1) is 16.7 Å². The van der Waals surface area contributed by atoms with Crippen LogP contribution in [0.5, 0.6) is 0 Å². The minimum Gasteiger partial charge on any atom is -0.456 e. The topological polar surface area (TPSA) is 91.3 Å². The molecule has 0 bridgehead atoms. The summed E-state index contributed by atoms with van der Waals surface area (Å²) >= 11 is 0. The Morgan fingerprint density at radius 2 is 1.93 bits per heavy atom. The molecule has 2 aliphatic heterocycles. The van der Waals surface area contributed by atoms with Gasteiger partial charge in [0, 0.05) is 30.3 Å². The Kier molecular flexibility index (Phi) is 4.51. The zero-order valence-corrected chi connectivity index (χ0v) is 18.6. The highest BCUT2D eigenvalue weighted by Gasteiger charge is 2.72. The molecule has 7 nitrogen and oxygen atoms in total. The summed E-state index contributed by atoms with van der Waals surface area (Å²) in [7, 11) is 0. The Morgan fingerprint density at radius 1 is 1.27 bits per heavy atom. The van der Waals surface area contributed by atoms with Gasteiger partial charge in [0.25, 0.3) is 0 Å². The number of carbonyl (C=O) groups is 2. The van der Waals surface area contributed by atoms with Crippen molar-refractivity contribution in [3.8, 4) is 0 Å². The highest BCUT2D eigenvalue weighted by molar-refractivity contribution is 5.67. The molecule has 7 atom stereocenters. The fraction of sp³-hybridized carbons (Fsp3) is 0.739. The molecule has 0 amide bonds. The number of esters is 1. The summed E-state index contributed by atoms with van der Waals surface area (Å²) in [5, 5.41) is 11.7. The van der Waals surface area contributed by atoms with Crippen molar-refractivity contribution in [3.63, 3.8) is 0 Å². The van der Waals surface area contributed by atoms with Crippen LogP contribution in [-0.4, -0.2) is 46.7 Å². The predicted molar refractivity (Wildman–Crippen MR) is 107 cm³/mol. The van der Waals surface area contributed by atoms with Gasteiger partial charge in [0.1, 0.15) is 17.5 Å². The predicted octanol–water partition coefficient (Wildman–Crippen LogP) is 3.65. The summed E-state index contributed by atoms with van der Waals surface area (Å²) in [6, 6.07) is 0. The maximum Gasteiger partial charge on any atom is 0.513 e. The molecule has 2 heterocycles. The lowest BCUT2D eigenvalue weighted by molar-refractivity contribution is -0.262. The summed E-state index contributed by atoms with van der Waals surface area (Å²) < 4.78 is 23.8. The molecule has 30 heavy (non-hydrogen) atoms. The first kappa shape index (κ1) is 21.4. The first-order valence-corrected chi connectivity index (χ1v) is 10.6. The molecule has 0 aromatic carbocycles. The number of hydrogen-bond acceptors (Lipinski definition) is 7. The van der Waals surface area contributed by atoms with Gasteiger partial charge in [-0.15, -0.1) is 6.58 Å². The molecule has 2 aliphatic carbocycles. The van der Waals surface area contributed by atoms with Gasteiger partial charge in [-0.2, -0.15) is 0 Å². The number of ether oxygens (including phenoxy) is 4. The van der Waals surface area contributed by atoms with Gasteiger partial charge in [-0.1, -0.05) is 26.8 Å². The largest absolute Gasteiger partial charge is 0.513 e. The van der Waals surface area contributed by atoms with E-state index >= 15 is 0 Å². The van der Waals surface area contributed by atoms with Crippen molar-refractivity contribution in [1.82, 2.24) is 0 Å². The molecule has 4 aliphatic rings. The zero-order valence-electron chi connectivity index (χ0n) is 18.6. The average Bonchev–Trinajstić information content (AvgIpc) is 2.70. The molecule has 0 unspecified atom stereocenters. The lowest BCUT2D eigenvalue weighted by atomic mass is 9.44. The molecule has 0 spiro atoms. The van der Waals surface area contributed by atoms with Crippen LogP contribution in [0.25, 0.3) is 0 Å². The summed E-state index contributed by atoms with van der Waals surface area (Å²) in [5.74, 6) is -0.377. The van der Waals surface area contributed by atoms with Gasteiger partial charge in [-0.25, -0.2) is 4.79 Å². The van der Waals surface area contributed by atoms with Crippen molar-refractivity contribution in [2.75, 3.05) is 0 Å². The summed E-state index contributed by atoms with van der Waals surface area (Å²) in [5.41, 5.74) is -2.37. The van der Waals surface area contributed by atoms with Crippen molar-refractivity contribution in [1.29, 1.82) is 0 Å². The van der Waals surface area contributed by atoms with Gasteiger partial charge in [-0.05, 0) is 32.1 Å². The number of hydrogen-bond donors (Lipinski definition) is 1. The van der Waals surface area contributed by atoms with Crippen LogP contribution in [0.15, 0.2) is 24.0 Å². The zero-order chi connectivity index (χ0) is 22.3. The van der Waals surface area contributed by atoms with Crippen LogP contribution >= 0.6 is 0 Å². The van der Waals surface area contributed by atoms with Crippen molar-refractivity contribution in [3.05, 3.63) is 24.0 Å². The summed E-state index contributed by atoms with van der Waals surface area (Å²) in [6.07, 6.45) is 0.142. The van der Waals surface area contributed by atoms with E-state index in [0.717, 1.165) is 12.0 Å². The third kappa shape index (κ3) is 2.71. The maximum absolute atomic E-state index is 12.6. The smallest absolute Gasteiger partial charge is 0.456 e. The quantitative estimate of drug-likeness (QED) is 0.538. The molecular formula is C23H32O7. The molecule has 0 aromatic rings. The molecule has 166 valence electrons. The molecular weight excluding hydrogens is 388 g/mol. The Hall–Kier alpha value is -1.86. The first-order valence-electron chi connectivity index (χ1n) is 10.6. The summed E-state index contributed by atoms with van der Waals surface area (Å²) in [4.78, 5) is 24.6. The second-order valence-corrected chi connectivity index (χ2v) is 10.5. The van der Waals surface area contributed by atoms with E-state index in [0.29, 0.717) is 18.6 Å². The van der Waals surface area contributed by atoms with E-state index in [1.165, 1.54) is 6.92 Å². The molecule has 2 fully saturated rings. The number of aliphatic hydroxyl groups excluding tert-OH is 1. The van der Waals surface area contributed by atoms with Crippen LogP contribution in [-0.2, 0) is 23.7 Å². The van der Waals surface area contributed by atoms with Crippen LogP contribution < -0.4 is 0 Å². The summed E-state index contributed by atoms with van der Waals surface area (Å²) in [6.45, 7) is 15.1. The molecule has 2 saturated carbocycles. The second-order valence-electron chi connectivity index (χ2n) is 10.5. The van der Waals surface area contributed by atoms with Gasteiger partial charge in [-0.3, -0.25) is 4.79 Å². The number of rotatable bonds is 2. The second kappa shape index (κ2) is 6.33. The van der Waals surface area contributed by atoms with E-state index in [9.17, 15) is 14.7 Å². The van der Waals surface area contributed by atoms with E-state index in [-0.39, 0.29) is 11.3 Å². The van der Waals surface area contributed by atoms with E-state index < -0.39 is 47.1 Å². The van der Waals surface area contributed by atoms with Crippen molar-refractivity contribution in [2.24, 2.45) is 16.7 Å². The van der Waals surface area contributed by atoms with Crippen molar-refractivity contribution < 1.29 is 33.6 Å². The normalized spacial score (nSPS) is 46.7. The van der Waals surface area contributed by atoms with Crippen LogP contribution in [0.2, 0.25) is 0 Å². The van der Waals surface area contributed by atoms with Gasteiger partial charge in [0.15, 0.2) is 6.10 Å². The molecule has 0 radical (unpaired) electrons. The Balaban J connectivity index is 2.04. The SMILES string of the molecule is C=C[C@@]1(C)CC2=C3[C@@]4(C)[C@H](CCC(C)(C)[C@@H]4[C@H](O)[C@H](OC(C)=O)[C@@]3(C)O1)OC(=O)O2. The fourth-order valence-electron chi connectivity index (χ4n) is 6.88. The lowest BCUT2D eigenvalue weighted by Gasteiger charge is -2.65.